The number of methoxy groups -OCH3 is 1. The fourth-order valence-corrected chi connectivity index (χ4v) is 2.59. The number of hydrogen-bond donors (Lipinski definition) is 1. The van der Waals surface area contributed by atoms with Gasteiger partial charge < -0.3 is 15.4 Å². The smallest absolute Gasteiger partial charge is 0.123 e. The van der Waals surface area contributed by atoms with Gasteiger partial charge in [0.25, 0.3) is 0 Å². The second kappa shape index (κ2) is 7.65. The maximum absolute atomic E-state index is 6.39. The lowest BCUT2D eigenvalue weighted by molar-refractivity contribution is 0.215. The fraction of sp³-hybridized carbons (Fsp3) is 0.647. The van der Waals surface area contributed by atoms with Gasteiger partial charge in [0.2, 0.25) is 0 Å². The molecule has 0 bridgehead atoms. The topological polar surface area (TPSA) is 38.5 Å². The first-order valence-electron chi connectivity index (χ1n) is 7.45. The van der Waals surface area contributed by atoms with E-state index in [-0.39, 0.29) is 6.04 Å². The Morgan fingerprint density at radius 1 is 1.25 bits per heavy atom. The molecule has 3 heteroatoms. The number of ether oxygens (including phenoxy) is 1. The van der Waals surface area contributed by atoms with Crippen molar-refractivity contribution in [2.75, 3.05) is 20.7 Å². The van der Waals surface area contributed by atoms with E-state index in [2.05, 4.69) is 51.8 Å². The predicted octanol–water partition coefficient (Wildman–Crippen LogP) is 3.37. The number of likely N-dealkylation sites (N-methyl/N-ethyl adjacent to an activating group) is 1. The molecule has 0 aliphatic carbocycles. The standard InChI is InChI=1S/C17H30N2O/c1-12(2)9-14(4)19(5)11-16(18)15-10-13(3)7-8-17(15)20-6/h7-8,10,12,14,16H,9,11,18H2,1-6H3. The van der Waals surface area contributed by atoms with Crippen LogP contribution in [0.3, 0.4) is 0 Å². The zero-order chi connectivity index (χ0) is 15.3. The van der Waals surface area contributed by atoms with E-state index in [0.29, 0.717) is 12.0 Å². The SMILES string of the molecule is COc1ccc(C)cc1C(N)CN(C)C(C)CC(C)C. The summed E-state index contributed by atoms with van der Waals surface area (Å²) in [6, 6.07) is 6.70. The van der Waals surface area contributed by atoms with Gasteiger partial charge in [0.15, 0.2) is 0 Å². The third-order valence-corrected chi connectivity index (χ3v) is 3.83. The van der Waals surface area contributed by atoms with Crippen molar-refractivity contribution >= 4 is 0 Å². The van der Waals surface area contributed by atoms with Gasteiger partial charge in [-0.3, -0.25) is 0 Å². The summed E-state index contributed by atoms with van der Waals surface area (Å²) in [7, 11) is 3.85. The van der Waals surface area contributed by atoms with E-state index < -0.39 is 0 Å². The van der Waals surface area contributed by atoms with Crippen LogP contribution in [0.2, 0.25) is 0 Å². The van der Waals surface area contributed by atoms with Crippen LogP contribution in [0.15, 0.2) is 18.2 Å². The molecule has 0 aromatic heterocycles. The molecule has 2 unspecified atom stereocenters. The molecule has 0 spiro atoms. The molecule has 0 aliphatic heterocycles. The minimum Gasteiger partial charge on any atom is -0.496 e. The molecule has 2 atom stereocenters. The van der Waals surface area contributed by atoms with Crippen LogP contribution in [-0.4, -0.2) is 31.6 Å². The summed E-state index contributed by atoms with van der Waals surface area (Å²) in [6.07, 6.45) is 1.19. The lowest BCUT2D eigenvalue weighted by Gasteiger charge is -2.29. The Morgan fingerprint density at radius 3 is 2.45 bits per heavy atom. The van der Waals surface area contributed by atoms with Gasteiger partial charge in [0.05, 0.1) is 7.11 Å². The monoisotopic (exact) mass is 278 g/mol. The van der Waals surface area contributed by atoms with Crippen molar-refractivity contribution in [3.05, 3.63) is 29.3 Å². The third-order valence-electron chi connectivity index (χ3n) is 3.83. The summed E-state index contributed by atoms with van der Waals surface area (Å²) in [5.74, 6) is 1.59. The van der Waals surface area contributed by atoms with E-state index in [4.69, 9.17) is 10.5 Å². The Hall–Kier alpha value is -1.06. The zero-order valence-corrected chi connectivity index (χ0v) is 13.8. The van der Waals surface area contributed by atoms with Crippen molar-refractivity contribution in [1.29, 1.82) is 0 Å². The van der Waals surface area contributed by atoms with Crippen molar-refractivity contribution in [3.8, 4) is 5.75 Å². The quantitative estimate of drug-likeness (QED) is 0.831. The second-order valence-electron chi connectivity index (χ2n) is 6.27. The van der Waals surface area contributed by atoms with Gasteiger partial charge in [0, 0.05) is 24.2 Å². The van der Waals surface area contributed by atoms with E-state index in [1.54, 1.807) is 7.11 Å². The molecule has 0 amide bonds. The molecule has 2 N–H and O–H groups in total. The van der Waals surface area contributed by atoms with Crippen LogP contribution in [0.5, 0.6) is 5.75 Å². The highest BCUT2D eigenvalue weighted by Gasteiger charge is 2.18. The normalized spacial score (nSPS) is 14.7. The molecule has 0 heterocycles. The minimum atomic E-state index is -0.0236. The van der Waals surface area contributed by atoms with E-state index in [0.717, 1.165) is 17.9 Å². The third kappa shape index (κ3) is 4.80. The number of benzene rings is 1. The first-order valence-corrected chi connectivity index (χ1v) is 7.45. The van der Waals surface area contributed by atoms with Gasteiger partial charge in [-0.05, 0) is 39.3 Å². The Kier molecular flexibility index (Phi) is 6.50. The summed E-state index contributed by atoms with van der Waals surface area (Å²) in [5, 5.41) is 0. The highest BCUT2D eigenvalue weighted by atomic mass is 16.5. The van der Waals surface area contributed by atoms with Crippen LogP contribution < -0.4 is 10.5 Å². The molecule has 1 aromatic rings. The predicted molar refractivity (Wildman–Crippen MR) is 86.2 cm³/mol. The molecule has 0 radical (unpaired) electrons. The van der Waals surface area contributed by atoms with Crippen LogP contribution in [-0.2, 0) is 0 Å². The molecule has 3 nitrogen and oxygen atoms in total. The van der Waals surface area contributed by atoms with Crippen LogP contribution in [0.4, 0.5) is 0 Å². The summed E-state index contributed by atoms with van der Waals surface area (Å²) < 4.78 is 5.43. The molecular weight excluding hydrogens is 248 g/mol. The fourth-order valence-electron chi connectivity index (χ4n) is 2.59. The Labute approximate surface area is 124 Å². The first-order chi connectivity index (χ1) is 9.35. The summed E-state index contributed by atoms with van der Waals surface area (Å²) >= 11 is 0. The molecule has 114 valence electrons. The Bertz CT molecular complexity index is 417. The molecule has 0 saturated carbocycles. The van der Waals surface area contributed by atoms with E-state index in [1.807, 2.05) is 6.07 Å². The lowest BCUT2D eigenvalue weighted by atomic mass is 10.0. The van der Waals surface area contributed by atoms with Crippen LogP contribution >= 0.6 is 0 Å². The van der Waals surface area contributed by atoms with Crippen LogP contribution in [0.1, 0.15) is 44.4 Å². The van der Waals surface area contributed by atoms with Crippen molar-refractivity contribution < 1.29 is 4.74 Å². The second-order valence-corrected chi connectivity index (χ2v) is 6.27. The Morgan fingerprint density at radius 2 is 1.90 bits per heavy atom. The number of hydrogen-bond acceptors (Lipinski definition) is 3. The molecule has 0 aliphatic rings. The number of nitrogens with two attached hydrogens (primary N) is 1. The Balaban J connectivity index is 2.75. The van der Waals surface area contributed by atoms with Gasteiger partial charge >= 0.3 is 0 Å². The first kappa shape index (κ1) is 17.0. The van der Waals surface area contributed by atoms with Crippen LogP contribution in [0.25, 0.3) is 0 Å². The van der Waals surface area contributed by atoms with Crippen molar-refractivity contribution in [1.82, 2.24) is 4.90 Å². The highest BCUT2D eigenvalue weighted by molar-refractivity contribution is 5.39. The number of nitrogens with zero attached hydrogens (tertiary/aromatic N) is 1. The molecule has 1 rings (SSSR count). The summed E-state index contributed by atoms with van der Waals surface area (Å²) in [5.41, 5.74) is 8.70. The van der Waals surface area contributed by atoms with Gasteiger partial charge in [-0.2, -0.15) is 0 Å². The van der Waals surface area contributed by atoms with Gasteiger partial charge in [-0.1, -0.05) is 31.5 Å². The average Bonchev–Trinajstić information content (AvgIpc) is 2.37. The summed E-state index contributed by atoms with van der Waals surface area (Å²) in [6.45, 7) is 9.70. The highest BCUT2D eigenvalue weighted by Crippen LogP contribution is 2.26. The maximum Gasteiger partial charge on any atom is 0.123 e. The van der Waals surface area contributed by atoms with E-state index in [1.165, 1.54) is 12.0 Å². The van der Waals surface area contributed by atoms with Crippen LogP contribution in [0, 0.1) is 12.8 Å². The average molecular weight is 278 g/mol. The molecule has 1 aromatic carbocycles. The lowest BCUT2D eigenvalue weighted by Crippen LogP contribution is -2.36. The molecule has 0 fully saturated rings. The van der Waals surface area contributed by atoms with Crippen molar-refractivity contribution in [2.45, 2.75) is 46.2 Å². The van der Waals surface area contributed by atoms with Gasteiger partial charge in [-0.25, -0.2) is 0 Å². The molecular formula is C17H30N2O. The van der Waals surface area contributed by atoms with E-state index in [9.17, 15) is 0 Å². The number of aryl methyl sites for hydroxylation is 1. The van der Waals surface area contributed by atoms with E-state index >= 15 is 0 Å². The van der Waals surface area contributed by atoms with Crippen molar-refractivity contribution in [2.24, 2.45) is 11.7 Å². The summed E-state index contributed by atoms with van der Waals surface area (Å²) in [4.78, 5) is 2.34. The van der Waals surface area contributed by atoms with Gasteiger partial charge in [-0.15, -0.1) is 0 Å². The minimum absolute atomic E-state index is 0.0236. The number of rotatable bonds is 7. The van der Waals surface area contributed by atoms with Crippen molar-refractivity contribution in [3.63, 3.8) is 0 Å². The molecule has 0 saturated heterocycles. The maximum atomic E-state index is 6.39. The van der Waals surface area contributed by atoms with Gasteiger partial charge in [0.1, 0.15) is 5.75 Å². The molecule has 20 heavy (non-hydrogen) atoms. The largest absolute Gasteiger partial charge is 0.496 e. The zero-order valence-electron chi connectivity index (χ0n) is 13.8.